The number of halogens is 1. The largest absolute Gasteiger partial charge is 0.467 e. The highest BCUT2D eigenvalue weighted by atomic mass is 35.5. The number of nitrogens with zero attached hydrogens (tertiary/aromatic N) is 3. The van der Waals surface area contributed by atoms with Crippen LogP contribution in [0.4, 0.5) is 16.5 Å². The average molecular weight is 451 g/mol. The van der Waals surface area contributed by atoms with Gasteiger partial charge in [0.05, 0.1) is 11.5 Å². The Bertz CT molecular complexity index is 1080. The lowest BCUT2D eigenvalue weighted by molar-refractivity contribution is -0.385. The van der Waals surface area contributed by atoms with E-state index in [-0.39, 0.29) is 12.5 Å². The van der Waals surface area contributed by atoms with E-state index < -0.39 is 4.92 Å². The zero-order valence-corrected chi connectivity index (χ0v) is 17.6. The predicted octanol–water partition coefficient (Wildman–Crippen LogP) is 5.31. The third-order valence-corrected chi connectivity index (χ3v) is 6.68. The maximum absolute atomic E-state index is 11.2. The Labute approximate surface area is 179 Å². The van der Waals surface area contributed by atoms with Gasteiger partial charge < -0.3 is 14.8 Å². The van der Waals surface area contributed by atoms with Gasteiger partial charge in [0.15, 0.2) is 11.1 Å². The fourth-order valence-electron chi connectivity index (χ4n) is 2.81. The van der Waals surface area contributed by atoms with Crippen molar-refractivity contribution in [3.05, 3.63) is 62.2 Å². The van der Waals surface area contributed by atoms with E-state index in [1.807, 2.05) is 25.1 Å². The summed E-state index contributed by atoms with van der Waals surface area (Å²) in [5.41, 5.74) is 3.23. The van der Waals surface area contributed by atoms with Crippen LogP contribution in [0.2, 0.25) is 5.02 Å². The fourth-order valence-corrected chi connectivity index (χ4v) is 4.72. The molecule has 1 aliphatic rings. The molecule has 0 saturated heterocycles. The van der Waals surface area contributed by atoms with Crippen molar-refractivity contribution in [2.45, 2.75) is 23.6 Å². The van der Waals surface area contributed by atoms with E-state index in [0.29, 0.717) is 33.8 Å². The molecular formula is C18H15ClN4O4S2. The van der Waals surface area contributed by atoms with Crippen LogP contribution in [0.25, 0.3) is 0 Å². The highest BCUT2D eigenvalue weighted by Gasteiger charge is 2.21. The normalized spacial score (nSPS) is 12.9. The Kier molecular flexibility index (Phi) is 5.86. The smallest absolute Gasteiger partial charge is 0.270 e. The van der Waals surface area contributed by atoms with E-state index in [4.69, 9.17) is 21.1 Å². The molecule has 11 heteroatoms. The Balaban J connectivity index is 1.49. The van der Waals surface area contributed by atoms with Crippen molar-refractivity contribution in [1.29, 1.82) is 0 Å². The van der Waals surface area contributed by atoms with Gasteiger partial charge >= 0.3 is 0 Å². The summed E-state index contributed by atoms with van der Waals surface area (Å²) in [6, 6.07) is 8.64. The van der Waals surface area contributed by atoms with Gasteiger partial charge in [-0.2, -0.15) is 0 Å². The number of non-ortho nitro benzene ring substituents is 1. The molecule has 0 amide bonds. The zero-order chi connectivity index (χ0) is 20.4. The van der Waals surface area contributed by atoms with Gasteiger partial charge in [-0.3, -0.25) is 10.1 Å². The molecule has 0 unspecified atom stereocenters. The molecule has 4 rings (SSSR count). The van der Waals surface area contributed by atoms with Gasteiger partial charge in [0.1, 0.15) is 5.75 Å². The number of anilines is 2. The van der Waals surface area contributed by atoms with Crippen molar-refractivity contribution < 1.29 is 14.4 Å². The average Bonchev–Trinajstić information content (AvgIpc) is 3.16. The van der Waals surface area contributed by atoms with Crippen LogP contribution in [-0.2, 0) is 17.1 Å². The minimum absolute atomic E-state index is 0.0181. The lowest BCUT2D eigenvalue weighted by Gasteiger charge is -2.20. The molecule has 3 aromatic rings. The number of benzene rings is 2. The van der Waals surface area contributed by atoms with Crippen molar-refractivity contribution in [2.24, 2.45) is 0 Å². The van der Waals surface area contributed by atoms with Gasteiger partial charge in [-0.15, -0.1) is 10.2 Å². The molecule has 150 valence electrons. The second kappa shape index (κ2) is 8.54. The number of rotatable bonds is 6. The van der Waals surface area contributed by atoms with Gasteiger partial charge in [0, 0.05) is 39.7 Å². The van der Waals surface area contributed by atoms with Gasteiger partial charge in [-0.05, 0) is 24.6 Å². The molecular weight excluding hydrogens is 436 g/mol. The summed E-state index contributed by atoms with van der Waals surface area (Å²) in [4.78, 5) is 10.8. The lowest BCUT2D eigenvalue weighted by atomic mass is 10.1. The SMILES string of the molecule is Cc1c(Cl)cccc1Nc1nnc(SCc2cc([N+](=O)[O-])cc3c2OCOC3)s1. The second-order valence-corrected chi connectivity index (χ2v) is 8.77. The Morgan fingerprint density at radius 2 is 2.24 bits per heavy atom. The van der Waals surface area contributed by atoms with E-state index >= 15 is 0 Å². The Morgan fingerprint density at radius 1 is 1.38 bits per heavy atom. The molecule has 0 bridgehead atoms. The number of aromatic nitrogens is 2. The first-order valence-corrected chi connectivity index (χ1v) is 10.7. The van der Waals surface area contributed by atoms with Crippen molar-refractivity contribution in [3.63, 3.8) is 0 Å². The summed E-state index contributed by atoms with van der Waals surface area (Å²) in [6.07, 6.45) is 0. The monoisotopic (exact) mass is 450 g/mol. The second-order valence-electron chi connectivity index (χ2n) is 6.16. The molecule has 0 fully saturated rings. The maximum atomic E-state index is 11.2. The minimum atomic E-state index is -0.413. The van der Waals surface area contributed by atoms with Crippen molar-refractivity contribution in [2.75, 3.05) is 12.1 Å². The molecule has 0 saturated carbocycles. The molecule has 1 N–H and O–H groups in total. The van der Waals surface area contributed by atoms with Gasteiger partial charge in [0.25, 0.3) is 5.69 Å². The molecule has 2 heterocycles. The van der Waals surface area contributed by atoms with Crippen LogP contribution in [0, 0.1) is 17.0 Å². The van der Waals surface area contributed by atoms with Crippen LogP contribution in [0.15, 0.2) is 34.7 Å². The summed E-state index contributed by atoms with van der Waals surface area (Å²) in [7, 11) is 0. The van der Waals surface area contributed by atoms with Crippen LogP contribution < -0.4 is 10.1 Å². The Hall–Kier alpha value is -2.40. The first kappa shape index (κ1) is 19.9. The summed E-state index contributed by atoms with van der Waals surface area (Å²) < 4.78 is 11.5. The summed E-state index contributed by atoms with van der Waals surface area (Å²) >= 11 is 8.99. The number of nitro groups is 1. The topological polar surface area (TPSA) is 99.4 Å². The lowest BCUT2D eigenvalue weighted by Crippen LogP contribution is -2.13. The number of hydrogen-bond acceptors (Lipinski definition) is 9. The molecule has 1 aromatic heterocycles. The van der Waals surface area contributed by atoms with Crippen LogP contribution in [0.3, 0.4) is 0 Å². The predicted molar refractivity (Wildman–Crippen MR) is 112 cm³/mol. The van der Waals surface area contributed by atoms with Crippen LogP contribution in [0.5, 0.6) is 5.75 Å². The zero-order valence-electron chi connectivity index (χ0n) is 15.2. The fraction of sp³-hybridized carbons (Fsp3) is 0.222. The number of ether oxygens (including phenoxy) is 2. The molecule has 8 nitrogen and oxygen atoms in total. The van der Waals surface area contributed by atoms with Gasteiger partial charge in [0.2, 0.25) is 5.13 Å². The third kappa shape index (κ3) is 4.45. The summed E-state index contributed by atoms with van der Waals surface area (Å²) in [5.74, 6) is 1.11. The van der Waals surface area contributed by atoms with Crippen molar-refractivity contribution >= 4 is 51.2 Å². The summed E-state index contributed by atoms with van der Waals surface area (Å²) in [5, 5.41) is 24.1. The van der Waals surface area contributed by atoms with E-state index in [0.717, 1.165) is 21.2 Å². The van der Waals surface area contributed by atoms with Gasteiger partial charge in [-0.1, -0.05) is 40.8 Å². The van der Waals surface area contributed by atoms with Crippen LogP contribution in [0.1, 0.15) is 16.7 Å². The number of thioether (sulfide) groups is 1. The van der Waals surface area contributed by atoms with E-state index in [2.05, 4.69) is 15.5 Å². The van der Waals surface area contributed by atoms with Crippen molar-refractivity contribution in [3.8, 4) is 5.75 Å². The van der Waals surface area contributed by atoms with Gasteiger partial charge in [-0.25, -0.2) is 0 Å². The van der Waals surface area contributed by atoms with Crippen molar-refractivity contribution in [1.82, 2.24) is 10.2 Å². The first-order chi connectivity index (χ1) is 14.0. The van der Waals surface area contributed by atoms with E-state index in [1.165, 1.54) is 35.2 Å². The highest BCUT2D eigenvalue weighted by Crippen LogP contribution is 2.38. The number of nitro benzene ring substituents is 1. The molecule has 0 spiro atoms. The third-order valence-electron chi connectivity index (χ3n) is 4.25. The highest BCUT2D eigenvalue weighted by molar-refractivity contribution is 8.00. The van der Waals surface area contributed by atoms with E-state index in [1.54, 1.807) is 0 Å². The molecule has 29 heavy (non-hydrogen) atoms. The van der Waals surface area contributed by atoms with Crippen LogP contribution >= 0.6 is 34.7 Å². The first-order valence-electron chi connectivity index (χ1n) is 8.50. The maximum Gasteiger partial charge on any atom is 0.270 e. The van der Waals surface area contributed by atoms with E-state index in [9.17, 15) is 10.1 Å². The number of nitrogens with one attached hydrogen (secondary N) is 1. The molecule has 0 aliphatic carbocycles. The Morgan fingerprint density at radius 3 is 3.07 bits per heavy atom. The molecule has 2 aromatic carbocycles. The standard InChI is InChI=1S/C18H15ClN4O4S2/c1-10-14(19)3-2-4-15(10)20-17-21-22-18(29-17)28-8-12-6-13(23(24)25)5-11-7-26-9-27-16(11)12/h2-6H,7-9H2,1H3,(H,20,21). The summed E-state index contributed by atoms with van der Waals surface area (Å²) in [6.45, 7) is 2.35. The molecule has 0 radical (unpaired) electrons. The molecule has 0 atom stereocenters. The number of hydrogen-bond donors (Lipinski definition) is 1. The minimum Gasteiger partial charge on any atom is -0.467 e. The quantitative estimate of drug-likeness (QED) is 0.306. The molecule has 1 aliphatic heterocycles. The number of fused-ring (bicyclic) bond motifs is 1. The van der Waals surface area contributed by atoms with Crippen LogP contribution in [-0.4, -0.2) is 21.9 Å².